The van der Waals surface area contributed by atoms with Crippen LogP contribution in [-0.2, 0) is 19.1 Å². The van der Waals surface area contributed by atoms with Crippen molar-refractivity contribution in [1.29, 1.82) is 0 Å². The highest BCUT2D eigenvalue weighted by atomic mass is 16.6. The van der Waals surface area contributed by atoms with Gasteiger partial charge in [0.2, 0.25) is 6.04 Å². The van der Waals surface area contributed by atoms with Crippen molar-refractivity contribution in [3.63, 3.8) is 0 Å². The van der Waals surface area contributed by atoms with Crippen LogP contribution in [0.15, 0.2) is 30.3 Å². The van der Waals surface area contributed by atoms with Crippen LogP contribution in [0, 0.1) is 0 Å². The number of carbonyl (C=O) groups is 2. The zero-order chi connectivity index (χ0) is 18.9. The summed E-state index contributed by atoms with van der Waals surface area (Å²) in [4.78, 5) is 29.0. The minimum Gasteiger partial charge on any atom is -0.464 e. The lowest BCUT2D eigenvalue weighted by Crippen LogP contribution is -2.57. The number of esters is 2. The standard InChI is InChI=1S/C19H28N2O5/c1-3-25-18(23)17(19(24)26-4-2)21-11-10-20(12-13-22)14-16(21)15-8-6-5-7-9-15/h5-9,16-17,22H,3-4,10-14H2,1-2H3. The Labute approximate surface area is 154 Å². The molecule has 0 bridgehead atoms. The average Bonchev–Trinajstić information content (AvgIpc) is 2.64. The number of piperazine rings is 1. The third kappa shape index (κ3) is 5.03. The summed E-state index contributed by atoms with van der Waals surface area (Å²) in [5.74, 6) is -1.16. The van der Waals surface area contributed by atoms with E-state index in [1.165, 1.54) is 0 Å². The van der Waals surface area contributed by atoms with Crippen LogP contribution >= 0.6 is 0 Å². The molecule has 1 saturated heterocycles. The molecule has 1 aliphatic heterocycles. The molecule has 1 heterocycles. The Kier molecular flexibility index (Phi) is 8.03. The van der Waals surface area contributed by atoms with E-state index in [0.717, 1.165) is 5.56 Å². The van der Waals surface area contributed by atoms with E-state index < -0.39 is 18.0 Å². The van der Waals surface area contributed by atoms with Crippen LogP contribution in [0.2, 0.25) is 0 Å². The summed E-state index contributed by atoms with van der Waals surface area (Å²) in [5, 5.41) is 9.26. The van der Waals surface area contributed by atoms with E-state index in [2.05, 4.69) is 4.90 Å². The predicted octanol–water partition coefficient (Wildman–Crippen LogP) is 0.832. The molecule has 0 spiro atoms. The number of β-amino-alcohol motifs (C(OH)–C–C–N with tert-alkyl or cyclic N) is 1. The largest absolute Gasteiger partial charge is 0.464 e. The molecule has 7 nitrogen and oxygen atoms in total. The Morgan fingerprint density at radius 2 is 1.73 bits per heavy atom. The third-order valence-electron chi connectivity index (χ3n) is 4.46. The quantitative estimate of drug-likeness (QED) is 0.541. The zero-order valence-corrected chi connectivity index (χ0v) is 15.5. The predicted molar refractivity (Wildman–Crippen MR) is 96.5 cm³/mol. The van der Waals surface area contributed by atoms with E-state index in [4.69, 9.17) is 9.47 Å². The Balaban J connectivity index is 2.33. The van der Waals surface area contributed by atoms with Crippen molar-refractivity contribution in [3.8, 4) is 0 Å². The van der Waals surface area contributed by atoms with Gasteiger partial charge in [0.1, 0.15) is 0 Å². The number of hydrogen-bond donors (Lipinski definition) is 1. The van der Waals surface area contributed by atoms with E-state index in [0.29, 0.717) is 26.2 Å². The molecule has 1 aromatic carbocycles. The Morgan fingerprint density at radius 1 is 1.12 bits per heavy atom. The van der Waals surface area contributed by atoms with Gasteiger partial charge in [-0.1, -0.05) is 30.3 Å². The first kappa shape index (κ1) is 20.4. The highest BCUT2D eigenvalue weighted by Gasteiger charge is 2.42. The van der Waals surface area contributed by atoms with Crippen molar-refractivity contribution in [1.82, 2.24) is 9.80 Å². The fourth-order valence-corrected chi connectivity index (χ4v) is 3.29. The molecular weight excluding hydrogens is 336 g/mol. The molecular formula is C19H28N2O5. The number of rotatable bonds is 8. The zero-order valence-electron chi connectivity index (χ0n) is 15.5. The van der Waals surface area contributed by atoms with Gasteiger partial charge < -0.3 is 14.6 Å². The summed E-state index contributed by atoms with van der Waals surface area (Å²) in [6, 6.07) is 8.49. The normalized spacial score (nSPS) is 18.7. The van der Waals surface area contributed by atoms with Crippen molar-refractivity contribution >= 4 is 11.9 Å². The number of hydrogen-bond acceptors (Lipinski definition) is 7. The van der Waals surface area contributed by atoms with Gasteiger partial charge >= 0.3 is 11.9 Å². The molecule has 2 rings (SSSR count). The lowest BCUT2D eigenvalue weighted by atomic mass is 10.00. The average molecular weight is 364 g/mol. The Bertz CT molecular complexity index is 563. The van der Waals surface area contributed by atoms with Crippen LogP contribution in [0.3, 0.4) is 0 Å². The molecule has 1 fully saturated rings. The number of carbonyl (C=O) groups excluding carboxylic acids is 2. The van der Waals surface area contributed by atoms with Gasteiger partial charge in [-0.05, 0) is 19.4 Å². The van der Waals surface area contributed by atoms with Crippen molar-refractivity contribution in [2.75, 3.05) is 46.0 Å². The molecule has 0 saturated carbocycles. The lowest BCUT2D eigenvalue weighted by molar-refractivity contribution is -0.166. The summed E-state index contributed by atoms with van der Waals surface area (Å²) in [5.41, 5.74) is 1.01. The van der Waals surface area contributed by atoms with Crippen LogP contribution in [0.25, 0.3) is 0 Å². The van der Waals surface area contributed by atoms with Crippen LogP contribution in [0.4, 0.5) is 0 Å². The first-order valence-electron chi connectivity index (χ1n) is 9.09. The third-order valence-corrected chi connectivity index (χ3v) is 4.46. The number of aliphatic hydroxyl groups is 1. The molecule has 26 heavy (non-hydrogen) atoms. The van der Waals surface area contributed by atoms with E-state index in [-0.39, 0.29) is 25.9 Å². The minimum absolute atomic E-state index is 0.0701. The molecule has 0 amide bonds. The Morgan fingerprint density at radius 3 is 2.27 bits per heavy atom. The van der Waals surface area contributed by atoms with Crippen LogP contribution in [0.5, 0.6) is 0 Å². The molecule has 7 heteroatoms. The first-order valence-corrected chi connectivity index (χ1v) is 9.09. The fourth-order valence-electron chi connectivity index (χ4n) is 3.29. The summed E-state index contributed by atoms with van der Waals surface area (Å²) < 4.78 is 10.3. The van der Waals surface area contributed by atoms with E-state index >= 15 is 0 Å². The second kappa shape index (κ2) is 10.3. The second-order valence-corrected chi connectivity index (χ2v) is 6.10. The molecule has 1 N–H and O–H groups in total. The molecule has 1 aliphatic rings. The van der Waals surface area contributed by atoms with E-state index in [1.807, 2.05) is 35.2 Å². The highest BCUT2D eigenvalue weighted by Crippen LogP contribution is 2.28. The maximum absolute atomic E-state index is 12.5. The molecule has 1 atom stereocenters. The SMILES string of the molecule is CCOC(=O)C(C(=O)OCC)N1CCN(CCO)CC1c1ccccc1. The van der Waals surface area contributed by atoms with Gasteiger partial charge in [0.25, 0.3) is 0 Å². The van der Waals surface area contributed by atoms with Crippen molar-refractivity contribution in [3.05, 3.63) is 35.9 Å². The van der Waals surface area contributed by atoms with Gasteiger partial charge in [-0.25, -0.2) is 9.59 Å². The molecule has 0 aliphatic carbocycles. The number of ether oxygens (including phenoxy) is 2. The molecule has 1 aromatic rings. The number of benzene rings is 1. The van der Waals surface area contributed by atoms with Gasteiger partial charge in [0, 0.05) is 32.2 Å². The van der Waals surface area contributed by atoms with Crippen LogP contribution in [0.1, 0.15) is 25.5 Å². The molecule has 1 unspecified atom stereocenters. The fraction of sp³-hybridized carbons (Fsp3) is 0.579. The van der Waals surface area contributed by atoms with E-state index in [1.54, 1.807) is 13.8 Å². The maximum atomic E-state index is 12.5. The van der Waals surface area contributed by atoms with Crippen LogP contribution in [-0.4, -0.2) is 78.9 Å². The lowest BCUT2D eigenvalue weighted by Gasteiger charge is -2.43. The van der Waals surface area contributed by atoms with Gasteiger partial charge in [0.15, 0.2) is 0 Å². The number of nitrogens with zero attached hydrogens (tertiary/aromatic N) is 2. The van der Waals surface area contributed by atoms with Gasteiger partial charge in [-0.2, -0.15) is 0 Å². The topological polar surface area (TPSA) is 79.3 Å². The van der Waals surface area contributed by atoms with Gasteiger partial charge in [-0.15, -0.1) is 0 Å². The Hall–Kier alpha value is -1.96. The molecule has 0 radical (unpaired) electrons. The summed E-state index contributed by atoms with van der Waals surface area (Å²) in [6.07, 6.45) is 0. The number of aliphatic hydroxyl groups excluding tert-OH is 1. The minimum atomic E-state index is -1.09. The summed E-state index contributed by atoms with van der Waals surface area (Å²) >= 11 is 0. The summed E-state index contributed by atoms with van der Waals surface area (Å²) in [6.45, 7) is 6.23. The van der Waals surface area contributed by atoms with E-state index in [9.17, 15) is 14.7 Å². The molecule has 144 valence electrons. The second-order valence-electron chi connectivity index (χ2n) is 6.10. The molecule has 0 aromatic heterocycles. The van der Waals surface area contributed by atoms with Gasteiger partial charge in [-0.3, -0.25) is 9.80 Å². The summed E-state index contributed by atoms with van der Waals surface area (Å²) in [7, 11) is 0. The maximum Gasteiger partial charge on any atom is 0.335 e. The highest BCUT2D eigenvalue weighted by molar-refractivity contribution is 5.99. The van der Waals surface area contributed by atoms with Crippen LogP contribution < -0.4 is 0 Å². The van der Waals surface area contributed by atoms with Crippen molar-refractivity contribution in [2.45, 2.75) is 25.9 Å². The smallest absolute Gasteiger partial charge is 0.335 e. The van der Waals surface area contributed by atoms with Crippen molar-refractivity contribution in [2.24, 2.45) is 0 Å². The van der Waals surface area contributed by atoms with Crippen molar-refractivity contribution < 1.29 is 24.2 Å². The monoisotopic (exact) mass is 364 g/mol. The van der Waals surface area contributed by atoms with Gasteiger partial charge in [0.05, 0.1) is 19.8 Å². The first-order chi connectivity index (χ1) is 12.6.